The van der Waals surface area contributed by atoms with Crippen molar-refractivity contribution in [2.45, 2.75) is 26.7 Å². The Hall–Kier alpha value is -6.04. The molecule has 0 radical (unpaired) electrons. The zero-order valence-corrected chi connectivity index (χ0v) is 31.7. The van der Waals surface area contributed by atoms with Gasteiger partial charge in [-0.05, 0) is 47.5 Å². The molecule has 54 heavy (non-hydrogen) atoms. The Balaban J connectivity index is 0.000000203. The molecule has 6 aromatic rings. The van der Waals surface area contributed by atoms with Gasteiger partial charge in [0.25, 0.3) is 22.1 Å². The minimum atomic E-state index is -3.67. The third-order valence-electron chi connectivity index (χ3n) is 6.54. The number of nitrogens with zero attached hydrogens (tertiary/aromatic N) is 4. The number of carboxylic acids is 2. The zero-order valence-electron chi connectivity index (χ0n) is 30.0. The number of para-hydroxylation sites is 6. The summed E-state index contributed by atoms with van der Waals surface area (Å²) in [5.74, 6) is 0.0970. The van der Waals surface area contributed by atoms with Crippen LogP contribution in [-0.4, -0.2) is 93.7 Å². The molecular formula is C37H40N6O9S2. The first kappa shape index (κ1) is 42.4. The molecule has 0 unspecified atom stereocenters. The Morgan fingerprint density at radius 2 is 0.852 bits per heavy atom. The smallest absolute Gasteiger partial charge is 0.300 e. The maximum atomic E-state index is 9.63. The Bertz CT molecular complexity index is 2260. The predicted octanol–water partition coefficient (Wildman–Crippen LogP) is 5.83. The molecule has 17 heteroatoms. The molecule has 0 spiro atoms. The number of sulfone groups is 1. The van der Waals surface area contributed by atoms with Gasteiger partial charge in [-0.1, -0.05) is 60.7 Å². The van der Waals surface area contributed by atoms with Crippen molar-refractivity contribution >= 4 is 76.8 Å². The first-order valence-electron chi connectivity index (χ1n) is 15.9. The van der Waals surface area contributed by atoms with Crippen LogP contribution in [0, 0.1) is 0 Å². The molecule has 15 nitrogen and oxygen atoms in total. The number of aromatic nitrogens is 4. The molecule has 2 aromatic heterocycles. The molecule has 8 rings (SSSR count). The molecule has 284 valence electrons. The fourth-order valence-corrected chi connectivity index (χ4v) is 4.72. The second-order valence-electron chi connectivity index (χ2n) is 11.8. The van der Waals surface area contributed by atoms with E-state index in [-0.39, 0.29) is 0 Å². The first-order valence-corrected chi connectivity index (χ1v) is 20.1. The lowest BCUT2D eigenvalue weighted by molar-refractivity contribution is -0.135. The van der Waals surface area contributed by atoms with Crippen LogP contribution >= 0.6 is 0 Å². The fraction of sp³-hybridized carbons (Fsp3) is 0.189. The number of hydrogen-bond donors (Lipinski definition) is 5. The van der Waals surface area contributed by atoms with Crippen LogP contribution < -0.4 is 0 Å². The van der Waals surface area contributed by atoms with E-state index in [1.54, 1.807) is 0 Å². The average Bonchev–Trinajstić information content (AvgIpc) is 3.86. The molecule has 0 saturated carbocycles. The number of fused-ring (bicyclic) bond motifs is 4. The quantitative estimate of drug-likeness (QED) is 0.131. The van der Waals surface area contributed by atoms with Crippen LogP contribution in [0.5, 0.6) is 0 Å². The number of nitrogens with one attached hydrogen (secondary N) is 2. The molecule has 4 heterocycles. The number of carboxylic acid groups (broad SMARTS) is 2. The van der Waals surface area contributed by atoms with Crippen LogP contribution in [0.2, 0.25) is 0 Å². The topological polar surface area (TPSA) is 245 Å². The summed E-state index contributed by atoms with van der Waals surface area (Å²) >= 11 is 0. The van der Waals surface area contributed by atoms with Gasteiger partial charge in [0.15, 0.2) is 11.6 Å². The number of H-pyrrole nitrogens is 2. The standard InChI is InChI=1S/2C15H11N3.C2H6O2S.2C2H4O2.CH4O3S/c2*1-2-6-11-10(5-1)9-14(16-11)15-17-12-7-3-4-8-13(12)18-15;1-5(2,3)4;2*1-2(3)4;1-5(2,3)4/h2*1-8H,9H2,(H,17,18);1-2H3;2*1H3,(H,3,4);1H3,(H,2,3,4). The summed E-state index contributed by atoms with van der Waals surface area (Å²) < 4.78 is 45.1. The number of aromatic amines is 2. The highest BCUT2D eigenvalue weighted by Crippen LogP contribution is 2.29. The minimum absolute atomic E-state index is 0.715. The number of imidazole rings is 2. The number of rotatable bonds is 2. The van der Waals surface area contributed by atoms with Crippen molar-refractivity contribution in [3.63, 3.8) is 0 Å². The Labute approximate surface area is 312 Å². The van der Waals surface area contributed by atoms with Crippen molar-refractivity contribution in [1.29, 1.82) is 0 Å². The normalized spacial score (nSPS) is 12.2. The Kier molecular flexibility index (Phi) is 15.0. The summed E-state index contributed by atoms with van der Waals surface area (Å²) in [5, 5.41) is 14.8. The predicted molar refractivity (Wildman–Crippen MR) is 210 cm³/mol. The van der Waals surface area contributed by atoms with E-state index in [2.05, 4.69) is 54.2 Å². The van der Waals surface area contributed by atoms with E-state index < -0.39 is 31.9 Å². The fourth-order valence-electron chi connectivity index (χ4n) is 4.72. The van der Waals surface area contributed by atoms with Gasteiger partial charge in [0.05, 0.1) is 51.1 Å². The highest BCUT2D eigenvalue weighted by molar-refractivity contribution is 7.89. The van der Waals surface area contributed by atoms with Crippen molar-refractivity contribution in [3.8, 4) is 0 Å². The van der Waals surface area contributed by atoms with Gasteiger partial charge in [-0.25, -0.2) is 28.4 Å². The highest BCUT2D eigenvalue weighted by atomic mass is 32.2. The van der Waals surface area contributed by atoms with Crippen molar-refractivity contribution in [3.05, 3.63) is 120 Å². The third-order valence-corrected chi connectivity index (χ3v) is 6.54. The number of carbonyl (C=O) groups is 2. The first-order chi connectivity index (χ1) is 25.3. The molecule has 0 atom stereocenters. The van der Waals surface area contributed by atoms with Crippen LogP contribution in [0.4, 0.5) is 11.4 Å². The van der Waals surface area contributed by atoms with Crippen LogP contribution in [0.1, 0.15) is 36.6 Å². The number of hydrogen-bond acceptors (Lipinski definition) is 10. The van der Waals surface area contributed by atoms with E-state index in [1.807, 2.05) is 72.8 Å². The highest BCUT2D eigenvalue weighted by Gasteiger charge is 2.19. The van der Waals surface area contributed by atoms with Crippen molar-refractivity contribution in [1.82, 2.24) is 19.9 Å². The van der Waals surface area contributed by atoms with Crippen molar-refractivity contribution < 1.29 is 41.2 Å². The molecule has 4 aromatic carbocycles. The van der Waals surface area contributed by atoms with E-state index in [0.717, 1.165) is 95.7 Å². The summed E-state index contributed by atoms with van der Waals surface area (Å²) in [5.41, 5.74) is 10.8. The van der Waals surface area contributed by atoms with Gasteiger partial charge in [0.2, 0.25) is 0 Å². The lowest BCUT2D eigenvalue weighted by Gasteiger charge is -1.93. The third kappa shape index (κ3) is 15.3. The average molecular weight is 777 g/mol. The van der Waals surface area contributed by atoms with E-state index in [1.165, 1.54) is 11.1 Å². The Morgan fingerprint density at radius 1 is 0.574 bits per heavy atom. The molecular weight excluding hydrogens is 737 g/mol. The lowest BCUT2D eigenvalue weighted by atomic mass is 10.1. The lowest BCUT2D eigenvalue weighted by Crippen LogP contribution is -2.02. The van der Waals surface area contributed by atoms with E-state index in [9.17, 15) is 16.8 Å². The number of benzene rings is 4. The molecule has 0 fully saturated rings. The monoisotopic (exact) mass is 776 g/mol. The van der Waals surface area contributed by atoms with Crippen LogP contribution in [0.3, 0.4) is 0 Å². The summed E-state index contributed by atoms with van der Waals surface area (Å²) in [7, 11) is -6.33. The number of aliphatic imine (C=N–C) groups is 2. The summed E-state index contributed by atoms with van der Waals surface area (Å²) in [4.78, 5) is 43.1. The molecule has 0 amide bonds. The van der Waals surface area contributed by atoms with Crippen LogP contribution in [0.25, 0.3) is 22.1 Å². The van der Waals surface area contributed by atoms with Gasteiger partial charge in [0, 0.05) is 39.2 Å². The van der Waals surface area contributed by atoms with Gasteiger partial charge in [0.1, 0.15) is 9.84 Å². The summed E-state index contributed by atoms with van der Waals surface area (Å²) in [6, 6.07) is 32.6. The molecule has 0 saturated heterocycles. The largest absolute Gasteiger partial charge is 0.481 e. The van der Waals surface area contributed by atoms with Gasteiger partial charge >= 0.3 is 0 Å². The van der Waals surface area contributed by atoms with Gasteiger partial charge in [-0.3, -0.25) is 14.1 Å². The molecule has 2 aliphatic heterocycles. The second-order valence-corrected chi connectivity index (χ2v) is 15.6. The maximum absolute atomic E-state index is 9.63. The molecule has 2 aliphatic rings. The van der Waals surface area contributed by atoms with E-state index in [4.69, 9.17) is 24.4 Å². The van der Waals surface area contributed by atoms with E-state index >= 15 is 0 Å². The van der Waals surface area contributed by atoms with Crippen LogP contribution in [-0.2, 0) is 42.4 Å². The second kappa shape index (κ2) is 19.2. The van der Waals surface area contributed by atoms with Gasteiger partial charge in [-0.2, -0.15) is 8.42 Å². The molecule has 0 aliphatic carbocycles. The van der Waals surface area contributed by atoms with E-state index in [0.29, 0.717) is 6.26 Å². The molecule has 5 N–H and O–H groups in total. The van der Waals surface area contributed by atoms with Gasteiger partial charge in [-0.15, -0.1) is 0 Å². The Morgan fingerprint density at radius 3 is 1.15 bits per heavy atom. The summed E-state index contributed by atoms with van der Waals surface area (Å²) in [6.07, 6.45) is 4.75. The maximum Gasteiger partial charge on any atom is 0.300 e. The van der Waals surface area contributed by atoms with Gasteiger partial charge < -0.3 is 20.2 Å². The van der Waals surface area contributed by atoms with Crippen molar-refractivity contribution in [2.24, 2.45) is 9.98 Å². The zero-order chi connectivity index (χ0) is 40.1. The summed E-state index contributed by atoms with van der Waals surface area (Å²) in [6.45, 7) is 2.17. The molecule has 0 bridgehead atoms. The SMILES string of the molecule is CC(=O)O.CC(=O)O.CS(=O)(=O)O.CS(C)(=O)=O.c1ccc2c(c1)CC(c1nc3ccccc3[nH]1)=N2.c1ccc2c(c1)CC(c1nc3ccccc3[nH]1)=N2. The number of aliphatic carboxylic acids is 2. The van der Waals surface area contributed by atoms with Crippen molar-refractivity contribution in [2.75, 3.05) is 18.8 Å². The minimum Gasteiger partial charge on any atom is -0.481 e. The van der Waals surface area contributed by atoms with Crippen LogP contribution in [0.15, 0.2) is 107 Å².